The Morgan fingerprint density at radius 3 is 1.18 bits per heavy atom. The molecule has 18 atom stereocenters. The normalized spacial score (nSPS) is 22.6. The van der Waals surface area contributed by atoms with Crippen molar-refractivity contribution in [2.45, 2.75) is 246 Å². The smallest absolute Gasteiger partial charge is 0.321 e. The van der Waals surface area contributed by atoms with Gasteiger partial charge in [0.05, 0.1) is 72.7 Å². The molecule has 47 nitrogen and oxygen atoms in total. The van der Waals surface area contributed by atoms with Crippen molar-refractivity contribution in [1.29, 1.82) is 0 Å². The van der Waals surface area contributed by atoms with Gasteiger partial charge in [0, 0.05) is 126 Å². The lowest BCUT2D eigenvalue weighted by Crippen LogP contribution is -2.66. The number of esters is 8. The fourth-order valence-corrected chi connectivity index (χ4v) is 14.6. The van der Waals surface area contributed by atoms with Crippen molar-refractivity contribution in [2.75, 3.05) is 125 Å². The van der Waals surface area contributed by atoms with E-state index in [1.165, 1.54) is 38.1 Å². The Bertz CT molecular complexity index is 3770. The van der Waals surface area contributed by atoms with Crippen molar-refractivity contribution >= 4 is 110 Å². The first-order chi connectivity index (χ1) is 60.6. The van der Waals surface area contributed by atoms with Gasteiger partial charge >= 0.3 is 56.3 Å². The van der Waals surface area contributed by atoms with Crippen molar-refractivity contribution in [3.05, 3.63) is 29.8 Å². The zero-order chi connectivity index (χ0) is 95.3. The maximum atomic E-state index is 14.7. The summed E-state index contributed by atoms with van der Waals surface area (Å²) in [4.78, 5) is 211. The number of nitrogens with zero attached hydrogens (tertiary/aromatic N) is 3. The number of ether oxygens (including phenoxy) is 18. The molecular weight excluding hydrogens is 1720 g/mol. The Morgan fingerprint density at radius 1 is 0.469 bits per heavy atom. The van der Waals surface area contributed by atoms with E-state index < -0.39 is 254 Å². The number of nitrogens with one attached hydrogen (secondary N) is 7. The molecule has 0 bridgehead atoms. The fraction of sp³-hybridized carbons (Fsp3) is 0.713. The Morgan fingerprint density at radius 2 is 0.836 bits per heavy atom. The van der Waals surface area contributed by atoms with Crippen LogP contribution >= 0.6 is 8.53 Å². The van der Waals surface area contributed by atoms with Crippen LogP contribution in [0.3, 0.4) is 0 Å². The van der Waals surface area contributed by atoms with Crippen LogP contribution in [0.1, 0.15) is 140 Å². The van der Waals surface area contributed by atoms with E-state index in [1.807, 2.05) is 27.7 Å². The molecule has 3 aliphatic rings. The van der Waals surface area contributed by atoms with Crippen LogP contribution in [0, 0.1) is 0 Å². The lowest BCUT2D eigenvalue weighted by atomic mass is 9.96. The van der Waals surface area contributed by atoms with E-state index in [0.717, 1.165) is 74.1 Å². The number of aliphatic hydroxyl groups is 1. The highest BCUT2D eigenvalue weighted by Crippen LogP contribution is 2.46. The molecule has 3 saturated heterocycles. The molecule has 48 heteroatoms. The number of aliphatic hydroxyl groups excluding tert-OH is 1. The molecule has 8 N–H and O–H groups in total. The lowest BCUT2D eigenvalue weighted by Gasteiger charge is -2.45. The van der Waals surface area contributed by atoms with Gasteiger partial charge in [-0.3, -0.25) is 76.7 Å². The van der Waals surface area contributed by atoms with Crippen molar-refractivity contribution in [2.24, 2.45) is 4.99 Å². The summed E-state index contributed by atoms with van der Waals surface area (Å²) in [7, 11) is -1.69. The van der Waals surface area contributed by atoms with Crippen LogP contribution in [0.25, 0.3) is 0 Å². The van der Waals surface area contributed by atoms with Gasteiger partial charge in [0.2, 0.25) is 41.4 Å². The first kappa shape index (κ1) is 110. The molecular formula is C80H125N10O37P. The van der Waals surface area contributed by atoms with Crippen molar-refractivity contribution < 1.29 is 176 Å². The van der Waals surface area contributed by atoms with E-state index in [4.69, 9.17) is 94.3 Å². The maximum absolute atomic E-state index is 14.7. The number of carbonyl (C=O) groups is 16. The number of amides is 8. The molecule has 8 amide bonds. The largest absolute Gasteiger partial charge is 0.463 e. The van der Waals surface area contributed by atoms with Crippen LogP contribution in [0.15, 0.2) is 29.3 Å². The molecule has 0 aromatic heterocycles. The monoisotopic (exact) mass is 1850 g/mol. The molecule has 0 aliphatic carbocycles. The number of hydrogen-bond donors (Lipinski definition) is 8. The molecule has 0 spiro atoms. The summed E-state index contributed by atoms with van der Waals surface area (Å²) in [6.07, 6.45) is -18.2. The van der Waals surface area contributed by atoms with E-state index in [0.29, 0.717) is 25.3 Å². The van der Waals surface area contributed by atoms with Crippen molar-refractivity contribution in [1.82, 2.24) is 46.8 Å². The third-order valence-corrected chi connectivity index (χ3v) is 20.0. The molecule has 4 rings (SSSR count). The Hall–Kier alpha value is -9.88. The minimum Gasteiger partial charge on any atom is -0.463 e. The van der Waals surface area contributed by atoms with Gasteiger partial charge in [0.1, 0.15) is 74.5 Å². The van der Waals surface area contributed by atoms with E-state index in [9.17, 15) is 81.8 Å². The number of carbonyl (C=O) groups excluding carboxylic acids is 16. The van der Waals surface area contributed by atoms with Gasteiger partial charge < -0.3 is 147 Å². The summed E-state index contributed by atoms with van der Waals surface area (Å²) < 4.78 is 117. The number of benzene rings is 1. The molecule has 1 aromatic rings. The van der Waals surface area contributed by atoms with E-state index in [2.05, 4.69) is 53.6 Å². The second-order valence-electron chi connectivity index (χ2n) is 29.6. The topological polar surface area (TPSA) is 581 Å². The molecule has 18 unspecified atom stereocenters. The summed E-state index contributed by atoms with van der Waals surface area (Å²) in [6, 6.07) is 0.559. The van der Waals surface area contributed by atoms with Gasteiger partial charge in [-0.15, -0.1) is 0 Å². The molecule has 0 radical (unpaired) electrons. The summed E-state index contributed by atoms with van der Waals surface area (Å²) in [5.74, 6) is -12.0. The van der Waals surface area contributed by atoms with Gasteiger partial charge in [-0.25, -0.2) is 4.67 Å². The first-order valence-corrected chi connectivity index (χ1v) is 42.5. The average molecular weight is 1850 g/mol. The highest BCUT2D eigenvalue weighted by Gasteiger charge is 2.55. The minimum atomic E-state index is -1.69. The van der Waals surface area contributed by atoms with Gasteiger partial charge in [0.15, 0.2) is 61.8 Å². The zero-order valence-corrected chi connectivity index (χ0v) is 75.9. The summed E-state index contributed by atoms with van der Waals surface area (Å²) in [5, 5.41) is 28.2. The molecule has 128 heavy (non-hydrogen) atoms. The maximum Gasteiger partial charge on any atom is 0.321 e. The van der Waals surface area contributed by atoms with Crippen LogP contribution in [0.5, 0.6) is 5.75 Å². The molecule has 0 saturated carbocycles. The highest BCUT2D eigenvalue weighted by atomic mass is 31.2. The number of rotatable bonds is 57. The SMILES string of the molecule is C=NCCCOP(Oc1ccc(C(=O)NC(CCC(=O)N(CC(=O)NCCOCCOC2OC(COC(C)=O)C(OC(C)=O)C(OC(C)=O)C2NC(C)=O)CC(=O)NCCOCCOC2OC(COC(C)O)C(OC(C)=O)C(OC(C)=O)C2NC(C)=O)C(=O)NCCOCCOC2OC(COC(C)=O)C(OC(C)=O)C(OC(C)=O)C2NC(C)=O)cc1)N(C(C)C)C(C)C. The molecule has 1 aromatic carbocycles. The second-order valence-corrected chi connectivity index (χ2v) is 31.0. The number of aliphatic imine (C=N–C) groups is 1. The van der Waals surface area contributed by atoms with Crippen LogP contribution in [0.2, 0.25) is 0 Å². The molecule has 722 valence electrons. The van der Waals surface area contributed by atoms with Gasteiger partial charge in [-0.1, -0.05) is 0 Å². The van der Waals surface area contributed by atoms with Crippen LogP contribution in [-0.2, 0) is 162 Å². The summed E-state index contributed by atoms with van der Waals surface area (Å²) >= 11 is 0. The molecule has 3 fully saturated rings. The Kier molecular flexibility index (Phi) is 50.6. The van der Waals surface area contributed by atoms with Crippen molar-refractivity contribution in [3.8, 4) is 5.75 Å². The zero-order valence-electron chi connectivity index (χ0n) is 75.0. The molecule has 3 heterocycles. The van der Waals surface area contributed by atoms with Gasteiger partial charge in [0.25, 0.3) is 5.91 Å². The average Bonchev–Trinajstić information content (AvgIpc) is 0.799. The van der Waals surface area contributed by atoms with Crippen LogP contribution in [0.4, 0.5) is 0 Å². The third-order valence-electron chi connectivity index (χ3n) is 18.0. The quantitative estimate of drug-likeness (QED) is 0.00912. The van der Waals surface area contributed by atoms with E-state index in [1.54, 1.807) is 0 Å². The van der Waals surface area contributed by atoms with Gasteiger partial charge in [-0.05, 0) is 78.4 Å². The lowest BCUT2D eigenvalue weighted by molar-refractivity contribution is -0.285. The standard InChI is InChI=1S/C80H125N10O37P/c1-44(2)90(45(3)4)128(117-29-18-25-81-17)127-59-21-19-58(20-22-59)76(106)88-60(77(107)84-28-32-110-35-38-113-80-69(87-48(7)93)75(123-57(16)102)72(120-54(13)99)63(126-80)43-116-51(10)96)23-24-66(105)89(39-64(103)82-26-30-108-33-36-111-78-67(85-46(5)91)73(121-55(14)100)70(118-52(11)97)61(124-78)41-114-49(8)94)40-65(104)83-27-31-109-34-37-112-79-68(86-47(6)92)74(122-56(15)101)71(119-53(12)98)62(125-79)42-115-50(9)95/h19-22,44-45,49,60-63,67-75,78-80,94H,17-18,23-43H2,1-16H3,(H,82,103)(H,83,104)(H,84,107)(H,85,91)(H,86,92)(H,87,93)(H,88,106). The van der Waals surface area contributed by atoms with E-state index >= 15 is 0 Å². The first-order valence-electron chi connectivity index (χ1n) is 41.4. The fourth-order valence-electron chi connectivity index (χ4n) is 13.0. The van der Waals surface area contributed by atoms with Crippen LogP contribution < -0.4 is 41.7 Å². The van der Waals surface area contributed by atoms with Crippen LogP contribution in [-0.4, -0.2) is 358 Å². The predicted octanol–water partition coefficient (Wildman–Crippen LogP) is -1.57. The Labute approximate surface area is 742 Å². The number of hydrogen-bond acceptors (Lipinski definition) is 39. The Balaban J connectivity index is 1.60. The summed E-state index contributed by atoms with van der Waals surface area (Å²) in [6.45, 7) is 20.1. The van der Waals surface area contributed by atoms with E-state index in [-0.39, 0.29) is 96.7 Å². The highest BCUT2D eigenvalue weighted by molar-refractivity contribution is 7.45. The molecule has 3 aliphatic heterocycles. The predicted molar refractivity (Wildman–Crippen MR) is 441 cm³/mol. The second kappa shape index (κ2) is 58.6. The summed E-state index contributed by atoms with van der Waals surface area (Å²) in [5.41, 5.74) is 0.0406. The minimum absolute atomic E-state index is 0.0112. The third kappa shape index (κ3) is 41.7. The van der Waals surface area contributed by atoms with Crippen molar-refractivity contribution in [3.63, 3.8) is 0 Å². The van der Waals surface area contributed by atoms with Gasteiger partial charge in [-0.2, -0.15) is 0 Å².